The summed E-state index contributed by atoms with van der Waals surface area (Å²) in [4.78, 5) is 0. The monoisotopic (exact) mass is 350 g/mol. The molecule has 0 fully saturated rings. The van der Waals surface area contributed by atoms with Crippen LogP contribution in [0, 0.1) is 29.2 Å². The topological polar surface area (TPSA) is 0 Å². The van der Waals surface area contributed by atoms with Crippen molar-refractivity contribution in [2.45, 2.75) is 51.9 Å². The Morgan fingerprint density at radius 3 is 2.56 bits per heavy atom. The Kier molecular flexibility index (Phi) is 5.45. The van der Waals surface area contributed by atoms with Gasteiger partial charge in [-0.2, -0.15) is 0 Å². The van der Waals surface area contributed by atoms with Crippen LogP contribution in [-0.2, 0) is 12.8 Å². The van der Waals surface area contributed by atoms with Gasteiger partial charge in [-0.1, -0.05) is 44.7 Å². The molecule has 0 heterocycles. The molecule has 1 atom stereocenters. The Hall–Kier alpha value is -1.84. The summed E-state index contributed by atoms with van der Waals surface area (Å²) < 4.78 is 56.9. The third-order valence-corrected chi connectivity index (χ3v) is 5.16. The van der Waals surface area contributed by atoms with Crippen molar-refractivity contribution in [3.05, 3.63) is 58.7 Å². The molecule has 3 rings (SSSR count). The predicted molar refractivity (Wildman–Crippen MR) is 91.4 cm³/mol. The Morgan fingerprint density at radius 2 is 1.80 bits per heavy atom. The highest BCUT2D eigenvalue weighted by Gasteiger charge is 2.27. The molecule has 0 saturated carbocycles. The number of rotatable bonds is 5. The van der Waals surface area contributed by atoms with Gasteiger partial charge < -0.3 is 0 Å². The minimum atomic E-state index is -1.21. The minimum Gasteiger partial charge on any atom is -0.206 e. The van der Waals surface area contributed by atoms with Gasteiger partial charge in [0.2, 0.25) is 0 Å². The van der Waals surface area contributed by atoms with Gasteiger partial charge in [0.25, 0.3) is 0 Å². The smallest absolute Gasteiger partial charge is 0.166 e. The molecule has 0 spiro atoms. The fraction of sp³-hybridized carbons (Fsp3) is 0.429. The second-order valence-electron chi connectivity index (χ2n) is 6.89. The summed E-state index contributed by atoms with van der Waals surface area (Å²) in [5, 5.41) is 0. The summed E-state index contributed by atoms with van der Waals surface area (Å²) in [5.74, 6) is -3.45. The molecule has 0 radical (unpaired) electrons. The van der Waals surface area contributed by atoms with E-state index < -0.39 is 28.8 Å². The van der Waals surface area contributed by atoms with Gasteiger partial charge in [-0.25, -0.2) is 17.6 Å². The maximum atomic E-state index is 14.9. The van der Waals surface area contributed by atoms with Crippen LogP contribution in [0.25, 0.3) is 11.1 Å². The lowest BCUT2D eigenvalue weighted by Gasteiger charge is -2.26. The van der Waals surface area contributed by atoms with Crippen molar-refractivity contribution in [3.63, 3.8) is 0 Å². The van der Waals surface area contributed by atoms with E-state index in [2.05, 4.69) is 6.92 Å². The third-order valence-electron chi connectivity index (χ3n) is 5.16. The standard InChI is InChI=1S/C21H22F4/c1-2-3-4-6-13-9-10-15-14(11-13)12-18(23)19(21(15)25)16-7-5-8-17(22)20(16)24/h5,7-8,12-13H,2-4,6,9-11H2,1H3. The van der Waals surface area contributed by atoms with Gasteiger partial charge in [-0.05, 0) is 48.4 Å². The number of halogens is 4. The zero-order valence-corrected chi connectivity index (χ0v) is 14.3. The minimum absolute atomic E-state index is 0.358. The van der Waals surface area contributed by atoms with E-state index in [0.717, 1.165) is 31.7 Å². The molecule has 25 heavy (non-hydrogen) atoms. The van der Waals surface area contributed by atoms with E-state index in [1.165, 1.54) is 24.6 Å². The highest BCUT2D eigenvalue weighted by molar-refractivity contribution is 5.67. The number of fused-ring (bicyclic) bond motifs is 1. The molecule has 1 unspecified atom stereocenters. The van der Waals surface area contributed by atoms with E-state index in [-0.39, 0.29) is 5.56 Å². The van der Waals surface area contributed by atoms with Crippen LogP contribution in [0.15, 0.2) is 24.3 Å². The number of hydrogen-bond donors (Lipinski definition) is 0. The molecule has 2 aromatic rings. The van der Waals surface area contributed by atoms with Crippen LogP contribution in [0.5, 0.6) is 0 Å². The molecule has 134 valence electrons. The first-order chi connectivity index (χ1) is 12.0. The average Bonchev–Trinajstić information content (AvgIpc) is 2.58. The molecule has 0 aromatic heterocycles. The van der Waals surface area contributed by atoms with E-state index in [1.54, 1.807) is 0 Å². The first-order valence-corrected chi connectivity index (χ1v) is 8.97. The van der Waals surface area contributed by atoms with Crippen molar-refractivity contribution < 1.29 is 17.6 Å². The van der Waals surface area contributed by atoms with Crippen LogP contribution < -0.4 is 0 Å². The van der Waals surface area contributed by atoms with Crippen LogP contribution >= 0.6 is 0 Å². The molecule has 0 aliphatic heterocycles. The van der Waals surface area contributed by atoms with E-state index in [1.807, 2.05) is 0 Å². The molecule has 0 amide bonds. The number of benzene rings is 2. The van der Waals surface area contributed by atoms with Crippen molar-refractivity contribution in [1.82, 2.24) is 0 Å². The quantitative estimate of drug-likeness (QED) is 0.421. The van der Waals surface area contributed by atoms with E-state index in [9.17, 15) is 17.6 Å². The summed E-state index contributed by atoms with van der Waals surface area (Å²) in [7, 11) is 0. The largest absolute Gasteiger partial charge is 0.206 e. The summed E-state index contributed by atoms with van der Waals surface area (Å²) in [6, 6.07) is 4.72. The van der Waals surface area contributed by atoms with Gasteiger partial charge in [-0.3, -0.25) is 0 Å². The van der Waals surface area contributed by atoms with Crippen LogP contribution in [0.3, 0.4) is 0 Å². The van der Waals surface area contributed by atoms with Gasteiger partial charge in [0.15, 0.2) is 11.6 Å². The zero-order valence-electron chi connectivity index (χ0n) is 14.3. The SMILES string of the molecule is CCCCCC1CCc2c(cc(F)c(-c3cccc(F)c3F)c2F)C1. The van der Waals surface area contributed by atoms with Crippen LogP contribution in [0.2, 0.25) is 0 Å². The highest BCUT2D eigenvalue weighted by Crippen LogP contribution is 2.37. The maximum absolute atomic E-state index is 14.9. The molecule has 0 bridgehead atoms. The van der Waals surface area contributed by atoms with Crippen molar-refractivity contribution in [3.8, 4) is 11.1 Å². The van der Waals surface area contributed by atoms with Crippen LogP contribution in [0.1, 0.15) is 50.2 Å². The Balaban J connectivity index is 1.94. The first kappa shape index (κ1) is 18.0. The first-order valence-electron chi connectivity index (χ1n) is 8.97. The molecule has 1 aliphatic rings. The highest BCUT2D eigenvalue weighted by atomic mass is 19.2. The normalized spacial score (nSPS) is 16.8. The molecule has 0 nitrogen and oxygen atoms in total. The Labute approximate surface area is 145 Å². The molecule has 1 aliphatic carbocycles. The van der Waals surface area contributed by atoms with Gasteiger partial charge in [-0.15, -0.1) is 0 Å². The lowest BCUT2D eigenvalue weighted by molar-refractivity contribution is 0.399. The molecule has 4 heteroatoms. The van der Waals surface area contributed by atoms with Gasteiger partial charge in [0.05, 0.1) is 5.56 Å². The van der Waals surface area contributed by atoms with Crippen molar-refractivity contribution >= 4 is 0 Å². The lowest BCUT2D eigenvalue weighted by atomic mass is 9.80. The summed E-state index contributed by atoms with van der Waals surface area (Å²) >= 11 is 0. The fourth-order valence-corrected chi connectivity index (χ4v) is 3.80. The second-order valence-corrected chi connectivity index (χ2v) is 6.89. The second kappa shape index (κ2) is 7.59. The summed E-state index contributed by atoms with van der Waals surface area (Å²) in [5.41, 5.74) is 0.304. The molecule has 2 aromatic carbocycles. The van der Waals surface area contributed by atoms with E-state index >= 15 is 0 Å². The van der Waals surface area contributed by atoms with Gasteiger partial charge >= 0.3 is 0 Å². The molecule has 0 saturated heterocycles. The van der Waals surface area contributed by atoms with Crippen molar-refractivity contribution in [1.29, 1.82) is 0 Å². The molecule has 0 N–H and O–H groups in total. The van der Waals surface area contributed by atoms with Crippen LogP contribution in [-0.4, -0.2) is 0 Å². The molecular weight excluding hydrogens is 328 g/mol. The van der Waals surface area contributed by atoms with E-state index in [0.29, 0.717) is 29.9 Å². The van der Waals surface area contributed by atoms with Crippen LogP contribution in [0.4, 0.5) is 17.6 Å². The van der Waals surface area contributed by atoms with Crippen molar-refractivity contribution in [2.24, 2.45) is 5.92 Å². The van der Waals surface area contributed by atoms with E-state index in [4.69, 9.17) is 0 Å². The lowest BCUT2D eigenvalue weighted by Crippen LogP contribution is -2.17. The Bertz CT molecular complexity index is 767. The molecular formula is C21H22F4. The number of hydrogen-bond acceptors (Lipinski definition) is 0. The third kappa shape index (κ3) is 3.58. The van der Waals surface area contributed by atoms with Gasteiger partial charge in [0.1, 0.15) is 11.6 Å². The van der Waals surface area contributed by atoms with Crippen molar-refractivity contribution in [2.75, 3.05) is 0 Å². The zero-order chi connectivity index (χ0) is 18.0. The summed E-state index contributed by atoms with van der Waals surface area (Å²) in [6.07, 6.45) is 6.54. The average molecular weight is 350 g/mol. The fourth-order valence-electron chi connectivity index (χ4n) is 3.80. The summed E-state index contributed by atoms with van der Waals surface area (Å²) in [6.45, 7) is 2.15. The predicted octanol–water partition coefficient (Wildman–Crippen LogP) is 6.60. The number of unbranched alkanes of at least 4 members (excludes halogenated alkanes) is 2. The Morgan fingerprint density at radius 1 is 1.00 bits per heavy atom. The maximum Gasteiger partial charge on any atom is 0.166 e. The van der Waals surface area contributed by atoms with Gasteiger partial charge in [0, 0.05) is 5.56 Å².